The Morgan fingerprint density at radius 1 is 0.923 bits per heavy atom. The quantitative estimate of drug-likeness (QED) is 0.603. The minimum atomic E-state index is 0.625. The number of hydrogen-bond acceptors (Lipinski definition) is 1. The van der Waals surface area contributed by atoms with Gasteiger partial charge in [0.25, 0.3) is 0 Å². The molecule has 1 nitrogen and oxygen atoms in total. The van der Waals surface area contributed by atoms with E-state index in [1.165, 1.54) is 57.8 Å². The highest BCUT2D eigenvalue weighted by molar-refractivity contribution is 5.05. The van der Waals surface area contributed by atoms with Gasteiger partial charge in [-0.1, -0.05) is 25.7 Å². The van der Waals surface area contributed by atoms with Crippen LogP contribution in [-0.2, 0) is 0 Å². The second-order valence-electron chi connectivity index (χ2n) is 5.49. The van der Waals surface area contributed by atoms with Gasteiger partial charge in [0.15, 0.2) is 0 Å². The van der Waals surface area contributed by atoms with E-state index in [1.807, 2.05) is 0 Å². The lowest BCUT2D eigenvalue weighted by Gasteiger charge is -2.25. The summed E-state index contributed by atoms with van der Waals surface area (Å²) in [7, 11) is 0. The predicted molar refractivity (Wildman–Crippen MR) is 54.7 cm³/mol. The van der Waals surface area contributed by atoms with E-state index in [-0.39, 0.29) is 0 Å². The lowest BCUT2D eigenvalue weighted by Crippen LogP contribution is -2.41. The van der Waals surface area contributed by atoms with E-state index in [2.05, 4.69) is 5.32 Å². The Balaban J connectivity index is 1.74. The van der Waals surface area contributed by atoms with Gasteiger partial charge in [-0.3, -0.25) is 0 Å². The molecule has 0 aromatic carbocycles. The van der Waals surface area contributed by atoms with Gasteiger partial charge < -0.3 is 5.32 Å². The molecule has 1 N–H and O–H groups in total. The summed E-state index contributed by atoms with van der Waals surface area (Å²) in [5, 5.41) is 3.97. The van der Waals surface area contributed by atoms with Gasteiger partial charge in [-0.15, -0.1) is 0 Å². The van der Waals surface area contributed by atoms with Crippen LogP contribution in [0.25, 0.3) is 0 Å². The fraction of sp³-hybridized carbons (Fsp3) is 1.00. The molecule has 0 bridgehead atoms. The summed E-state index contributed by atoms with van der Waals surface area (Å²) in [6.07, 6.45) is 13.4. The van der Waals surface area contributed by atoms with Gasteiger partial charge in [-0.2, -0.15) is 0 Å². The Labute approximate surface area is 81.3 Å². The Morgan fingerprint density at radius 2 is 1.69 bits per heavy atom. The van der Waals surface area contributed by atoms with Crippen molar-refractivity contribution >= 4 is 0 Å². The maximum absolute atomic E-state index is 3.97. The van der Waals surface area contributed by atoms with Crippen LogP contribution in [0.2, 0.25) is 0 Å². The first kappa shape index (κ1) is 8.28. The summed E-state index contributed by atoms with van der Waals surface area (Å²) in [5.41, 5.74) is 0.625. The molecule has 1 heterocycles. The molecule has 0 amide bonds. The Hall–Kier alpha value is -0.0400. The van der Waals surface area contributed by atoms with E-state index in [9.17, 15) is 0 Å². The highest BCUT2D eigenvalue weighted by Gasteiger charge is 2.46. The fourth-order valence-electron chi connectivity index (χ4n) is 4.00. The van der Waals surface area contributed by atoms with E-state index in [0.29, 0.717) is 5.54 Å². The van der Waals surface area contributed by atoms with Gasteiger partial charge in [-0.25, -0.2) is 0 Å². The van der Waals surface area contributed by atoms with Gasteiger partial charge in [0, 0.05) is 11.6 Å². The van der Waals surface area contributed by atoms with Crippen molar-refractivity contribution < 1.29 is 0 Å². The van der Waals surface area contributed by atoms with E-state index in [0.717, 1.165) is 12.0 Å². The lowest BCUT2D eigenvalue weighted by molar-refractivity contribution is 0.324. The second-order valence-corrected chi connectivity index (χ2v) is 5.49. The Morgan fingerprint density at radius 3 is 2.46 bits per heavy atom. The standard InChI is InChI=1S/C12H21N/c1-2-6-11-10(5-1)9-12(13-11)7-3-4-8-12/h10-11,13H,1-9H2/t10-,11-/m1/s1. The van der Waals surface area contributed by atoms with E-state index in [1.54, 1.807) is 0 Å². The summed E-state index contributed by atoms with van der Waals surface area (Å²) in [4.78, 5) is 0. The van der Waals surface area contributed by atoms with Crippen molar-refractivity contribution in [1.82, 2.24) is 5.32 Å². The predicted octanol–water partition coefficient (Wildman–Crippen LogP) is 2.85. The van der Waals surface area contributed by atoms with E-state index >= 15 is 0 Å². The van der Waals surface area contributed by atoms with Crippen molar-refractivity contribution in [2.24, 2.45) is 5.92 Å². The normalized spacial score (nSPS) is 42.5. The highest BCUT2D eigenvalue weighted by Crippen LogP contribution is 2.45. The zero-order valence-corrected chi connectivity index (χ0v) is 8.52. The topological polar surface area (TPSA) is 12.0 Å². The van der Waals surface area contributed by atoms with Crippen LogP contribution >= 0.6 is 0 Å². The molecule has 2 saturated carbocycles. The first-order valence-electron chi connectivity index (χ1n) is 6.16. The molecule has 1 spiro atoms. The van der Waals surface area contributed by atoms with Crippen molar-refractivity contribution in [2.45, 2.75) is 69.4 Å². The first-order chi connectivity index (χ1) is 6.38. The van der Waals surface area contributed by atoms with Crippen LogP contribution in [0.15, 0.2) is 0 Å². The zero-order chi connectivity index (χ0) is 8.73. The van der Waals surface area contributed by atoms with Gasteiger partial charge in [-0.05, 0) is 38.0 Å². The molecule has 13 heavy (non-hydrogen) atoms. The van der Waals surface area contributed by atoms with Crippen LogP contribution < -0.4 is 5.32 Å². The molecule has 0 aromatic rings. The van der Waals surface area contributed by atoms with Crippen molar-refractivity contribution in [1.29, 1.82) is 0 Å². The third-order valence-electron chi connectivity index (χ3n) is 4.61. The molecule has 74 valence electrons. The highest BCUT2D eigenvalue weighted by atomic mass is 15.1. The maximum Gasteiger partial charge on any atom is 0.0187 e. The number of hydrogen-bond donors (Lipinski definition) is 1. The molecule has 0 unspecified atom stereocenters. The van der Waals surface area contributed by atoms with Gasteiger partial charge >= 0.3 is 0 Å². The van der Waals surface area contributed by atoms with Crippen LogP contribution in [0.3, 0.4) is 0 Å². The molecule has 3 aliphatic rings. The first-order valence-corrected chi connectivity index (χ1v) is 6.16. The summed E-state index contributed by atoms with van der Waals surface area (Å²) in [6, 6.07) is 0.909. The van der Waals surface area contributed by atoms with Gasteiger partial charge in [0.2, 0.25) is 0 Å². The minimum absolute atomic E-state index is 0.625. The molecule has 2 aliphatic carbocycles. The number of rotatable bonds is 0. The van der Waals surface area contributed by atoms with Crippen LogP contribution in [0, 0.1) is 5.92 Å². The SMILES string of the molecule is C1CC[C@H]2NC3(CCCC3)C[C@H]2C1. The molecule has 3 fully saturated rings. The van der Waals surface area contributed by atoms with Crippen molar-refractivity contribution in [3.05, 3.63) is 0 Å². The second kappa shape index (κ2) is 2.98. The largest absolute Gasteiger partial charge is 0.308 e. The van der Waals surface area contributed by atoms with Crippen LogP contribution in [0.5, 0.6) is 0 Å². The monoisotopic (exact) mass is 179 g/mol. The molecule has 3 rings (SSSR count). The van der Waals surface area contributed by atoms with Crippen LogP contribution in [-0.4, -0.2) is 11.6 Å². The lowest BCUT2D eigenvalue weighted by atomic mass is 9.82. The molecule has 1 aliphatic heterocycles. The molecular formula is C12H21N. The zero-order valence-electron chi connectivity index (χ0n) is 8.52. The molecule has 2 atom stereocenters. The fourth-order valence-corrected chi connectivity index (χ4v) is 4.00. The maximum atomic E-state index is 3.97. The molecule has 0 aromatic heterocycles. The van der Waals surface area contributed by atoms with Gasteiger partial charge in [0.1, 0.15) is 0 Å². The Bertz CT molecular complexity index is 177. The van der Waals surface area contributed by atoms with Crippen molar-refractivity contribution in [3.8, 4) is 0 Å². The van der Waals surface area contributed by atoms with E-state index < -0.39 is 0 Å². The summed E-state index contributed by atoms with van der Waals surface area (Å²) < 4.78 is 0. The van der Waals surface area contributed by atoms with Gasteiger partial charge in [0.05, 0.1) is 0 Å². The minimum Gasteiger partial charge on any atom is -0.308 e. The summed E-state index contributed by atoms with van der Waals surface area (Å²) in [6.45, 7) is 0. The summed E-state index contributed by atoms with van der Waals surface area (Å²) >= 11 is 0. The molecular weight excluding hydrogens is 158 g/mol. The molecule has 1 heteroatoms. The van der Waals surface area contributed by atoms with Crippen molar-refractivity contribution in [3.63, 3.8) is 0 Å². The average Bonchev–Trinajstić information content (AvgIpc) is 2.72. The smallest absolute Gasteiger partial charge is 0.0187 e. The van der Waals surface area contributed by atoms with Crippen molar-refractivity contribution in [2.75, 3.05) is 0 Å². The molecule has 0 radical (unpaired) electrons. The summed E-state index contributed by atoms with van der Waals surface area (Å²) in [5.74, 6) is 1.05. The molecule has 1 saturated heterocycles. The third-order valence-corrected chi connectivity index (χ3v) is 4.61. The Kier molecular flexibility index (Phi) is 1.90. The number of nitrogens with one attached hydrogen (secondary N) is 1. The number of fused-ring (bicyclic) bond motifs is 1. The van der Waals surface area contributed by atoms with Crippen LogP contribution in [0.4, 0.5) is 0 Å². The average molecular weight is 179 g/mol. The van der Waals surface area contributed by atoms with Crippen LogP contribution in [0.1, 0.15) is 57.8 Å². The van der Waals surface area contributed by atoms with E-state index in [4.69, 9.17) is 0 Å². The third kappa shape index (κ3) is 1.32.